The highest BCUT2D eigenvalue weighted by Crippen LogP contribution is 2.61. The Morgan fingerprint density at radius 1 is 0.869 bits per heavy atom. The molecule has 0 spiro atoms. The molecular weight excluding hydrogens is 773 g/mol. The number of nitriles is 1. The molecule has 14 heteroatoms. The summed E-state index contributed by atoms with van der Waals surface area (Å²) in [5.41, 5.74) is 4.53. The fourth-order valence-corrected chi connectivity index (χ4v) is 11.3. The third kappa shape index (κ3) is 6.15. The van der Waals surface area contributed by atoms with Crippen LogP contribution in [0.5, 0.6) is 5.75 Å². The minimum absolute atomic E-state index is 0.0899. The van der Waals surface area contributed by atoms with Gasteiger partial charge >= 0.3 is 0 Å². The quantitative estimate of drug-likeness (QED) is 0.254. The van der Waals surface area contributed by atoms with Gasteiger partial charge < -0.3 is 19.9 Å². The number of hydrogen-bond acceptors (Lipinski definition) is 11. The summed E-state index contributed by atoms with van der Waals surface area (Å²) in [6.45, 7) is 12.7. The van der Waals surface area contributed by atoms with Gasteiger partial charge in [0.05, 0.1) is 33.7 Å². The number of nitrogens with zero attached hydrogens (tertiary/aromatic N) is 6. The van der Waals surface area contributed by atoms with Crippen LogP contribution in [0.25, 0.3) is 10.9 Å². The molecule has 1 aliphatic carbocycles. The van der Waals surface area contributed by atoms with E-state index in [9.17, 15) is 29.2 Å². The molecule has 6 aliphatic rings. The Hall–Kier alpha value is -6.33. The molecule has 3 saturated heterocycles. The number of nitrogens with one attached hydrogen (secondary N) is 2. The van der Waals surface area contributed by atoms with E-state index < -0.39 is 35.1 Å². The zero-order chi connectivity index (χ0) is 42.4. The largest absolute Gasteiger partial charge is 0.488 e. The number of piperazine rings is 1. The Bertz CT molecular complexity index is 2570. The van der Waals surface area contributed by atoms with Crippen LogP contribution >= 0.6 is 0 Å². The lowest BCUT2D eigenvalue weighted by Gasteiger charge is -2.66. The first-order chi connectivity index (χ1) is 29.4. The van der Waals surface area contributed by atoms with Crippen LogP contribution < -0.4 is 25.2 Å². The predicted molar refractivity (Wildman–Crippen MR) is 226 cm³/mol. The molecule has 14 nitrogen and oxygen atoms in total. The third-order valence-electron chi connectivity index (χ3n) is 14.4. The Labute approximate surface area is 353 Å². The van der Waals surface area contributed by atoms with E-state index in [1.807, 2.05) is 30.3 Å². The summed E-state index contributed by atoms with van der Waals surface area (Å²) in [6, 6.07) is 20.0. The summed E-state index contributed by atoms with van der Waals surface area (Å²) >= 11 is 0. The maximum Gasteiger partial charge on any atom is 0.262 e. The van der Waals surface area contributed by atoms with Crippen LogP contribution in [-0.2, 0) is 15.0 Å². The summed E-state index contributed by atoms with van der Waals surface area (Å²) in [6.07, 6.45) is 3.97. The SMILES string of the molecule is CC1(C)C(NC(=O)c2ccc(N3CCC(CN4CCN(c5ccc6c(c5)C(=O)N(C5CCC(=O)NC5=O)C6=O)CC4)CC3)cc2)C2(C)c3ccnc4c(C#N)ccc(c34)O[C@@H]12. The zero-order valence-corrected chi connectivity index (χ0v) is 34.6. The van der Waals surface area contributed by atoms with Crippen LogP contribution in [0.15, 0.2) is 66.9 Å². The Morgan fingerprint density at radius 3 is 2.30 bits per heavy atom. The summed E-state index contributed by atoms with van der Waals surface area (Å²) < 4.78 is 6.59. The van der Waals surface area contributed by atoms with E-state index in [4.69, 9.17) is 4.74 Å². The van der Waals surface area contributed by atoms with Crippen molar-refractivity contribution in [2.45, 2.75) is 70.1 Å². The first kappa shape index (κ1) is 38.8. The van der Waals surface area contributed by atoms with Crippen LogP contribution in [0, 0.1) is 22.7 Å². The Balaban J connectivity index is 0.719. The van der Waals surface area contributed by atoms with Crippen molar-refractivity contribution >= 4 is 51.8 Å². The number of carbonyl (C=O) groups is 5. The number of piperidine rings is 2. The van der Waals surface area contributed by atoms with Crippen molar-refractivity contribution in [1.82, 2.24) is 25.4 Å². The first-order valence-corrected chi connectivity index (χ1v) is 21.3. The summed E-state index contributed by atoms with van der Waals surface area (Å²) in [5, 5.41) is 16.2. The summed E-state index contributed by atoms with van der Waals surface area (Å²) in [4.78, 5) is 77.2. The molecule has 10 rings (SSSR count). The fraction of sp³-hybridized carbons (Fsp3) is 0.426. The molecule has 312 valence electrons. The Kier molecular flexibility index (Phi) is 9.17. The van der Waals surface area contributed by atoms with Crippen LogP contribution in [0.2, 0.25) is 0 Å². The van der Waals surface area contributed by atoms with Gasteiger partial charge in [0.2, 0.25) is 11.8 Å². The molecule has 4 atom stereocenters. The Morgan fingerprint density at radius 2 is 1.57 bits per heavy atom. The van der Waals surface area contributed by atoms with Crippen molar-refractivity contribution in [3.05, 3.63) is 94.7 Å². The number of hydrogen-bond donors (Lipinski definition) is 2. The van der Waals surface area contributed by atoms with Crippen LogP contribution in [0.1, 0.15) is 88.7 Å². The average molecular weight is 821 g/mol. The molecule has 2 N–H and O–H groups in total. The van der Waals surface area contributed by atoms with Gasteiger partial charge in [-0.1, -0.05) is 13.8 Å². The number of ether oxygens (including phenoxy) is 1. The van der Waals surface area contributed by atoms with Crippen molar-refractivity contribution in [2.75, 3.05) is 55.6 Å². The van der Waals surface area contributed by atoms with Crippen molar-refractivity contribution in [1.29, 1.82) is 5.26 Å². The molecule has 1 saturated carbocycles. The van der Waals surface area contributed by atoms with Crippen molar-refractivity contribution in [3.63, 3.8) is 0 Å². The van der Waals surface area contributed by atoms with E-state index in [-0.39, 0.29) is 36.3 Å². The van der Waals surface area contributed by atoms with Crippen LogP contribution in [0.4, 0.5) is 11.4 Å². The molecule has 0 bridgehead atoms. The molecule has 4 fully saturated rings. The van der Waals surface area contributed by atoms with Gasteiger partial charge in [-0.2, -0.15) is 5.26 Å². The van der Waals surface area contributed by atoms with Crippen LogP contribution in [-0.4, -0.2) is 108 Å². The second-order valence-corrected chi connectivity index (χ2v) is 18.3. The maximum atomic E-state index is 13.8. The molecule has 3 unspecified atom stereocenters. The molecule has 6 heterocycles. The average Bonchev–Trinajstić information content (AvgIpc) is 3.52. The lowest BCUT2D eigenvalue weighted by molar-refractivity contribution is -0.136. The number of pyridine rings is 1. The van der Waals surface area contributed by atoms with E-state index in [0.717, 1.165) is 91.6 Å². The topological polar surface area (TPSA) is 168 Å². The zero-order valence-electron chi connectivity index (χ0n) is 34.6. The number of fused-ring (bicyclic) bond motifs is 3. The van der Waals surface area contributed by atoms with Gasteiger partial charge in [0.25, 0.3) is 17.7 Å². The van der Waals surface area contributed by atoms with Gasteiger partial charge in [0.15, 0.2) is 0 Å². The fourth-order valence-electron chi connectivity index (χ4n) is 11.3. The number of anilines is 2. The van der Waals surface area contributed by atoms with Gasteiger partial charge in [0.1, 0.15) is 24.0 Å². The standard InChI is InChI=1S/C47H48N8O6/c1-46(2)44(47(3)34-14-17-49-39-29(25-48)6-12-36(38(34)39)61-45(46)47)51-40(57)28-4-7-30(8-5-28)53-18-15-27(16-19-53)26-52-20-22-54(23-21-52)31-9-10-32-33(24-31)43(60)55(42(32)59)35-11-13-37(56)50-41(35)58/h4-10,12,14,17,24,27,35,44-45H,11,13,15-16,18-23,26H2,1-3H3,(H,51,57)(H,50,56,58)/t35?,44?,45-,47?/m0/s1. The second kappa shape index (κ2) is 14.4. The summed E-state index contributed by atoms with van der Waals surface area (Å²) in [5.74, 6) is -0.794. The number of carbonyl (C=O) groups excluding carboxylic acids is 5. The third-order valence-corrected chi connectivity index (χ3v) is 14.4. The van der Waals surface area contributed by atoms with Gasteiger partial charge in [-0.15, -0.1) is 0 Å². The normalized spacial score (nSPS) is 25.9. The lowest BCUT2D eigenvalue weighted by atomic mass is 9.45. The molecule has 0 radical (unpaired) electrons. The van der Waals surface area contributed by atoms with Crippen molar-refractivity contribution in [2.24, 2.45) is 11.3 Å². The molecule has 3 aromatic carbocycles. The number of aromatic nitrogens is 1. The van der Waals surface area contributed by atoms with E-state index in [0.29, 0.717) is 33.7 Å². The van der Waals surface area contributed by atoms with Gasteiger partial charge in [-0.05, 0) is 98.3 Å². The number of rotatable bonds is 7. The first-order valence-electron chi connectivity index (χ1n) is 21.3. The lowest BCUT2D eigenvalue weighted by Crippen LogP contribution is -2.78. The molecule has 5 aliphatic heterocycles. The number of benzene rings is 3. The van der Waals surface area contributed by atoms with E-state index in [2.05, 4.69) is 69.3 Å². The van der Waals surface area contributed by atoms with Crippen molar-refractivity contribution < 1.29 is 28.7 Å². The highest BCUT2D eigenvalue weighted by atomic mass is 16.5. The molecule has 1 aromatic heterocycles. The number of imide groups is 2. The highest BCUT2D eigenvalue weighted by molar-refractivity contribution is 6.23. The number of amides is 5. The van der Waals surface area contributed by atoms with E-state index in [1.54, 1.807) is 24.4 Å². The van der Waals surface area contributed by atoms with E-state index in [1.165, 1.54) is 0 Å². The highest BCUT2D eigenvalue weighted by Gasteiger charge is 2.69. The molecule has 4 aromatic rings. The monoisotopic (exact) mass is 820 g/mol. The minimum atomic E-state index is -0.976. The minimum Gasteiger partial charge on any atom is -0.488 e. The summed E-state index contributed by atoms with van der Waals surface area (Å²) in [7, 11) is 0. The maximum absolute atomic E-state index is 13.8. The van der Waals surface area contributed by atoms with Crippen LogP contribution in [0.3, 0.4) is 0 Å². The smallest absolute Gasteiger partial charge is 0.262 e. The van der Waals surface area contributed by atoms with Gasteiger partial charge in [0, 0.05) is 86.2 Å². The predicted octanol–water partition coefficient (Wildman–Crippen LogP) is 4.40. The molecule has 5 amide bonds. The van der Waals surface area contributed by atoms with Crippen molar-refractivity contribution in [3.8, 4) is 11.8 Å². The van der Waals surface area contributed by atoms with Gasteiger partial charge in [-0.25, -0.2) is 0 Å². The van der Waals surface area contributed by atoms with Gasteiger partial charge in [-0.3, -0.25) is 44.1 Å². The molecule has 61 heavy (non-hydrogen) atoms. The molecular formula is C47H48N8O6. The van der Waals surface area contributed by atoms with E-state index >= 15 is 0 Å². The second-order valence-electron chi connectivity index (χ2n) is 18.3.